The number of halogens is 2. The maximum atomic E-state index is 6.00. The molecule has 82 valence electrons. The van der Waals surface area contributed by atoms with Crippen molar-refractivity contribution >= 4 is 23.2 Å². The third-order valence-corrected chi connectivity index (χ3v) is 2.67. The van der Waals surface area contributed by atoms with Crippen LogP contribution in [-0.2, 0) is 6.61 Å². The van der Waals surface area contributed by atoms with Gasteiger partial charge < -0.3 is 4.74 Å². The highest BCUT2D eigenvalue weighted by molar-refractivity contribution is 6.35. The largest absolute Gasteiger partial charge is 0.472 e. The Balaban J connectivity index is 2.11. The third-order valence-electron chi connectivity index (χ3n) is 1.97. The molecule has 1 aromatic heterocycles. The number of ether oxygens (including phenoxy) is 1. The fourth-order valence-electron chi connectivity index (χ4n) is 1.18. The SMILES string of the molecule is Clc1cccc(Cl)c1COc1cnccn1. The topological polar surface area (TPSA) is 35.0 Å². The Morgan fingerprint density at radius 1 is 1.12 bits per heavy atom. The fourth-order valence-corrected chi connectivity index (χ4v) is 1.68. The van der Waals surface area contributed by atoms with Crippen LogP contribution in [0.25, 0.3) is 0 Å². The molecular formula is C11H8Cl2N2O. The van der Waals surface area contributed by atoms with E-state index < -0.39 is 0 Å². The van der Waals surface area contributed by atoms with E-state index in [-0.39, 0.29) is 6.61 Å². The summed E-state index contributed by atoms with van der Waals surface area (Å²) in [5, 5.41) is 1.16. The van der Waals surface area contributed by atoms with Crippen LogP contribution < -0.4 is 4.74 Å². The number of aromatic nitrogens is 2. The molecule has 0 aliphatic heterocycles. The highest BCUT2D eigenvalue weighted by Gasteiger charge is 2.06. The van der Waals surface area contributed by atoms with Crippen LogP contribution in [0.4, 0.5) is 0 Å². The summed E-state index contributed by atoms with van der Waals surface area (Å²) in [6.07, 6.45) is 4.67. The summed E-state index contributed by atoms with van der Waals surface area (Å²) in [5.74, 6) is 0.443. The van der Waals surface area contributed by atoms with E-state index in [0.29, 0.717) is 15.9 Å². The minimum absolute atomic E-state index is 0.275. The smallest absolute Gasteiger partial charge is 0.232 e. The van der Waals surface area contributed by atoms with E-state index in [1.807, 2.05) is 0 Å². The molecule has 0 aliphatic rings. The summed E-state index contributed by atoms with van der Waals surface area (Å²) >= 11 is 12.0. The van der Waals surface area contributed by atoms with Gasteiger partial charge in [-0.05, 0) is 12.1 Å². The van der Waals surface area contributed by atoms with Gasteiger partial charge in [0.2, 0.25) is 5.88 Å². The Kier molecular flexibility index (Phi) is 3.59. The molecule has 1 aromatic carbocycles. The Morgan fingerprint density at radius 2 is 1.88 bits per heavy atom. The zero-order valence-corrected chi connectivity index (χ0v) is 9.74. The lowest BCUT2D eigenvalue weighted by Crippen LogP contribution is -1.98. The fraction of sp³-hybridized carbons (Fsp3) is 0.0909. The second-order valence-electron chi connectivity index (χ2n) is 3.03. The summed E-state index contributed by atoms with van der Waals surface area (Å²) in [6, 6.07) is 5.32. The number of hydrogen-bond donors (Lipinski definition) is 0. The molecule has 2 aromatic rings. The van der Waals surface area contributed by atoms with E-state index >= 15 is 0 Å². The second kappa shape index (κ2) is 5.14. The Morgan fingerprint density at radius 3 is 2.50 bits per heavy atom. The van der Waals surface area contributed by atoms with E-state index in [1.54, 1.807) is 30.6 Å². The molecule has 0 bridgehead atoms. The Labute approximate surface area is 103 Å². The van der Waals surface area contributed by atoms with Gasteiger partial charge in [-0.1, -0.05) is 29.3 Å². The number of rotatable bonds is 3. The molecular weight excluding hydrogens is 247 g/mol. The molecule has 0 fully saturated rings. The standard InChI is InChI=1S/C11H8Cl2N2O/c12-9-2-1-3-10(13)8(9)7-16-11-6-14-4-5-15-11/h1-6H,7H2. The van der Waals surface area contributed by atoms with Crippen LogP contribution in [-0.4, -0.2) is 9.97 Å². The molecule has 0 saturated carbocycles. The van der Waals surface area contributed by atoms with Crippen molar-refractivity contribution in [2.45, 2.75) is 6.61 Å². The number of benzene rings is 1. The summed E-state index contributed by atoms with van der Waals surface area (Å²) in [7, 11) is 0. The van der Waals surface area contributed by atoms with Crippen LogP contribution >= 0.6 is 23.2 Å². The van der Waals surface area contributed by atoms with Gasteiger partial charge in [-0.25, -0.2) is 4.98 Å². The summed E-state index contributed by atoms with van der Waals surface area (Å²) in [6.45, 7) is 0.275. The summed E-state index contributed by atoms with van der Waals surface area (Å²) in [4.78, 5) is 7.87. The lowest BCUT2D eigenvalue weighted by atomic mass is 10.2. The minimum Gasteiger partial charge on any atom is -0.472 e. The van der Waals surface area contributed by atoms with Gasteiger partial charge in [-0.15, -0.1) is 0 Å². The van der Waals surface area contributed by atoms with Gasteiger partial charge in [0.15, 0.2) is 0 Å². The first-order chi connectivity index (χ1) is 7.77. The highest BCUT2D eigenvalue weighted by atomic mass is 35.5. The van der Waals surface area contributed by atoms with Gasteiger partial charge in [0.1, 0.15) is 6.61 Å². The molecule has 3 nitrogen and oxygen atoms in total. The Hall–Kier alpha value is -1.32. The van der Waals surface area contributed by atoms with Gasteiger partial charge in [-0.2, -0.15) is 0 Å². The lowest BCUT2D eigenvalue weighted by Gasteiger charge is -2.07. The van der Waals surface area contributed by atoms with Gasteiger partial charge in [0.05, 0.1) is 6.20 Å². The molecule has 0 N–H and O–H groups in total. The zero-order chi connectivity index (χ0) is 11.4. The molecule has 16 heavy (non-hydrogen) atoms. The van der Waals surface area contributed by atoms with Gasteiger partial charge in [0, 0.05) is 28.0 Å². The lowest BCUT2D eigenvalue weighted by molar-refractivity contribution is 0.292. The van der Waals surface area contributed by atoms with Crippen LogP contribution in [0.2, 0.25) is 10.0 Å². The summed E-state index contributed by atoms with van der Waals surface area (Å²) in [5.41, 5.74) is 0.747. The first-order valence-electron chi connectivity index (χ1n) is 4.59. The second-order valence-corrected chi connectivity index (χ2v) is 3.85. The first-order valence-corrected chi connectivity index (χ1v) is 5.34. The van der Waals surface area contributed by atoms with Crippen LogP contribution in [0.3, 0.4) is 0 Å². The van der Waals surface area contributed by atoms with E-state index in [0.717, 1.165) is 5.56 Å². The monoisotopic (exact) mass is 254 g/mol. The van der Waals surface area contributed by atoms with Gasteiger partial charge >= 0.3 is 0 Å². The van der Waals surface area contributed by atoms with Crippen molar-refractivity contribution in [3.8, 4) is 5.88 Å². The predicted octanol–water partition coefficient (Wildman–Crippen LogP) is 3.36. The average Bonchev–Trinajstić information content (AvgIpc) is 2.30. The number of nitrogens with zero attached hydrogens (tertiary/aromatic N) is 2. The predicted molar refractivity (Wildman–Crippen MR) is 62.8 cm³/mol. The van der Waals surface area contributed by atoms with Gasteiger partial charge in [-0.3, -0.25) is 4.98 Å². The van der Waals surface area contributed by atoms with Gasteiger partial charge in [0.25, 0.3) is 0 Å². The molecule has 0 spiro atoms. The first kappa shape index (κ1) is 11.2. The normalized spacial score (nSPS) is 10.1. The van der Waals surface area contributed by atoms with Crippen molar-refractivity contribution in [3.63, 3.8) is 0 Å². The third kappa shape index (κ3) is 2.62. The molecule has 5 heteroatoms. The maximum Gasteiger partial charge on any atom is 0.232 e. The van der Waals surface area contributed by atoms with E-state index in [4.69, 9.17) is 27.9 Å². The van der Waals surface area contributed by atoms with Crippen LogP contribution in [0.15, 0.2) is 36.8 Å². The van der Waals surface area contributed by atoms with E-state index in [9.17, 15) is 0 Å². The van der Waals surface area contributed by atoms with Crippen molar-refractivity contribution in [3.05, 3.63) is 52.4 Å². The highest BCUT2D eigenvalue weighted by Crippen LogP contribution is 2.25. The molecule has 2 rings (SSSR count). The molecule has 1 heterocycles. The average molecular weight is 255 g/mol. The van der Waals surface area contributed by atoms with E-state index in [2.05, 4.69) is 9.97 Å². The molecule has 0 atom stereocenters. The molecule has 0 unspecified atom stereocenters. The number of hydrogen-bond acceptors (Lipinski definition) is 3. The van der Waals surface area contributed by atoms with Crippen molar-refractivity contribution in [1.82, 2.24) is 9.97 Å². The quantitative estimate of drug-likeness (QED) is 0.843. The Bertz CT molecular complexity index is 456. The van der Waals surface area contributed by atoms with Crippen LogP contribution in [0, 0.1) is 0 Å². The molecule has 0 aliphatic carbocycles. The molecule has 0 radical (unpaired) electrons. The van der Waals surface area contributed by atoms with E-state index in [1.165, 1.54) is 6.20 Å². The molecule has 0 amide bonds. The van der Waals surface area contributed by atoms with Crippen molar-refractivity contribution < 1.29 is 4.74 Å². The van der Waals surface area contributed by atoms with Crippen molar-refractivity contribution in [1.29, 1.82) is 0 Å². The van der Waals surface area contributed by atoms with Crippen LogP contribution in [0.5, 0.6) is 5.88 Å². The molecule has 0 saturated heterocycles. The van der Waals surface area contributed by atoms with Crippen molar-refractivity contribution in [2.75, 3.05) is 0 Å². The zero-order valence-electron chi connectivity index (χ0n) is 8.23. The van der Waals surface area contributed by atoms with Crippen LogP contribution in [0.1, 0.15) is 5.56 Å². The maximum absolute atomic E-state index is 6.00. The summed E-state index contributed by atoms with van der Waals surface area (Å²) < 4.78 is 5.41. The van der Waals surface area contributed by atoms with Crippen molar-refractivity contribution in [2.24, 2.45) is 0 Å². The minimum atomic E-state index is 0.275.